The average molecular weight is 481 g/mol. The van der Waals surface area contributed by atoms with Gasteiger partial charge in [0.15, 0.2) is 0 Å². The molecular weight excluding hydrogens is 456 g/mol. The molecule has 0 radical (unpaired) electrons. The van der Waals surface area contributed by atoms with Crippen molar-refractivity contribution in [3.8, 4) is 0 Å². The van der Waals surface area contributed by atoms with E-state index >= 15 is 0 Å². The minimum Gasteiger partial charge on any atom is -0.329 e. The number of carbonyl (C=O) groups is 2. The average Bonchev–Trinajstić information content (AvgIpc) is 3.18. The summed E-state index contributed by atoms with van der Waals surface area (Å²) in [5.74, 6) is -0.436. The second-order valence-electron chi connectivity index (χ2n) is 8.86. The number of benzene rings is 1. The van der Waals surface area contributed by atoms with Gasteiger partial charge in [-0.1, -0.05) is 39.0 Å². The molecule has 3 aromatic rings. The molecule has 1 aromatic carbocycles. The minimum absolute atomic E-state index is 0.0386. The van der Waals surface area contributed by atoms with E-state index in [-0.39, 0.29) is 17.7 Å². The lowest BCUT2D eigenvalue weighted by atomic mass is 9.92. The summed E-state index contributed by atoms with van der Waals surface area (Å²) in [7, 11) is 0. The first-order chi connectivity index (χ1) is 14.8. The van der Waals surface area contributed by atoms with Gasteiger partial charge in [-0.15, -0.1) is 0 Å². The molecule has 0 unspecified atom stereocenters. The molecule has 1 aliphatic rings. The lowest BCUT2D eigenvalue weighted by Crippen LogP contribution is -2.49. The zero-order valence-electron chi connectivity index (χ0n) is 17.8. The first kappa shape index (κ1) is 21.4. The van der Waals surface area contributed by atoms with Gasteiger partial charge < -0.3 is 10.2 Å². The highest BCUT2D eigenvalue weighted by atomic mass is 79.9. The molecule has 1 fully saturated rings. The number of anilines is 1. The number of likely N-dealkylation sites (tertiary alicyclic amines) is 1. The van der Waals surface area contributed by atoms with Gasteiger partial charge in [0.1, 0.15) is 6.04 Å². The largest absolute Gasteiger partial charge is 0.329 e. The van der Waals surface area contributed by atoms with Crippen molar-refractivity contribution in [2.75, 3.05) is 11.9 Å². The number of hydrogen-bond donors (Lipinski definition) is 1. The smallest absolute Gasteiger partial charge is 0.247 e. The number of amides is 2. The third kappa shape index (κ3) is 4.32. The van der Waals surface area contributed by atoms with Crippen molar-refractivity contribution in [1.29, 1.82) is 0 Å². The normalized spacial score (nSPS) is 18.9. The number of carbonyl (C=O) groups excluding carboxylic acids is 2. The molecule has 1 aliphatic heterocycles. The Morgan fingerprint density at radius 1 is 1.10 bits per heavy atom. The molecule has 2 atom stereocenters. The van der Waals surface area contributed by atoms with Gasteiger partial charge in [0.2, 0.25) is 11.8 Å². The fourth-order valence-electron chi connectivity index (χ4n) is 4.10. The third-order valence-corrected chi connectivity index (χ3v) is 6.06. The van der Waals surface area contributed by atoms with E-state index in [0.29, 0.717) is 18.7 Å². The predicted molar refractivity (Wildman–Crippen MR) is 125 cm³/mol. The van der Waals surface area contributed by atoms with Crippen LogP contribution in [0.25, 0.3) is 10.9 Å². The molecule has 31 heavy (non-hydrogen) atoms. The topological polar surface area (TPSA) is 75.2 Å². The van der Waals surface area contributed by atoms with Crippen LogP contribution in [0.4, 0.5) is 5.69 Å². The van der Waals surface area contributed by atoms with E-state index in [1.165, 1.54) is 0 Å². The Labute approximate surface area is 190 Å². The lowest BCUT2D eigenvalue weighted by molar-refractivity contribution is -0.143. The summed E-state index contributed by atoms with van der Waals surface area (Å²) >= 11 is 3.41. The standard InChI is InChI=1S/C24H25BrN4O2/c1-24(2,3)23(31)29-13-11-17(18-10-9-16(25)14-27-18)21(29)22(30)28-19-8-4-6-15-7-5-12-26-20(15)19/h4-10,12,14,17,21H,11,13H2,1-3H3,(H,28,30)/t17-,21-/m1/s1. The zero-order chi connectivity index (χ0) is 22.2. The molecule has 0 bridgehead atoms. The quantitative estimate of drug-likeness (QED) is 0.586. The maximum atomic E-state index is 13.6. The molecule has 0 saturated carbocycles. The van der Waals surface area contributed by atoms with Crippen molar-refractivity contribution < 1.29 is 9.59 Å². The van der Waals surface area contributed by atoms with Gasteiger partial charge in [-0.2, -0.15) is 0 Å². The summed E-state index contributed by atoms with van der Waals surface area (Å²) in [4.78, 5) is 37.4. The molecule has 2 aromatic heterocycles. The Morgan fingerprint density at radius 2 is 1.87 bits per heavy atom. The Bertz CT molecular complexity index is 1120. The van der Waals surface area contributed by atoms with Crippen LogP contribution in [0.3, 0.4) is 0 Å². The third-order valence-electron chi connectivity index (χ3n) is 5.59. The van der Waals surface area contributed by atoms with Crippen LogP contribution in [0.5, 0.6) is 0 Å². The van der Waals surface area contributed by atoms with Gasteiger partial charge in [0, 0.05) is 45.8 Å². The van der Waals surface area contributed by atoms with Crippen molar-refractivity contribution in [2.45, 2.75) is 39.2 Å². The maximum absolute atomic E-state index is 13.6. The summed E-state index contributed by atoms with van der Waals surface area (Å²) in [6, 6.07) is 12.7. The number of rotatable bonds is 3. The van der Waals surface area contributed by atoms with E-state index in [1.807, 2.05) is 63.2 Å². The Kier molecular flexibility index (Phi) is 5.79. The van der Waals surface area contributed by atoms with Gasteiger partial charge in [-0.05, 0) is 46.6 Å². The number of nitrogens with one attached hydrogen (secondary N) is 1. The van der Waals surface area contributed by atoms with Crippen LogP contribution in [0.2, 0.25) is 0 Å². The number of halogens is 1. The Morgan fingerprint density at radius 3 is 2.58 bits per heavy atom. The summed E-state index contributed by atoms with van der Waals surface area (Å²) in [5.41, 5.74) is 1.59. The van der Waals surface area contributed by atoms with Crippen molar-refractivity contribution in [3.63, 3.8) is 0 Å². The highest BCUT2D eigenvalue weighted by molar-refractivity contribution is 9.10. The fourth-order valence-corrected chi connectivity index (χ4v) is 4.34. The highest BCUT2D eigenvalue weighted by Crippen LogP contribution is 2.36. The second kappa shape index (κ2) is 8.38. The van der Waals surface area contributed by atoms with Crippen molar-refractivity contribution in [2.24, 2.45) is 5.41 Å². The molecule has 0 aliphatic carbocycles. The second-order valence-corrected chi connectivity index (χ2v) is 9.78. The van der Waals surface area contributed by atoms with E-state index in [9.17, 15) is 9.59 Å². The first-order valence-electron chi connectivity index (χ1n) is 10.3. The first-order valence-corrected chi connectivity index (χ1v) is 11.1. The van der Waals surface area contributed by atoms with Crippen molar-refractivity contribution >= 4 is 44.3 Å². The number of fused-ring (bicyclic) bond motifs is 1. The van der Waals surface area contributed by atoms with Crippen molar-refractivity contribution in [1.82, 2.24) is 14.9 Å². The van der Waals surface area contributed by atoms with Gasteiger partial charge in [-0.3, -0.25) is 19.6 Å². The number of pyridine rings is 2. The Balaban J connectivity index is 1.70. The van der Waals surface area contributed by atoms with E-state index in [4.69, 9.17) is 0 Å². The maximum Gasteiger partial charge on any atom is 0.247 e. The molecule has 160 valence electrons. The molecule has 7 heteroatoms. The Hall–Kier alpha value is -2.80. The molecule has 1 saturated heterocycles. The monoisotopic (exact) mass is 480 g/mol. The number of hydrogen-bond acceptors (Lipinski definition) is 4. The molecular formula is C24H25BrN4O2. The summed E-state index contributed by atoms with van der Waals surface area (Å²) in [6.07, 6.45) is 4.12. The van der Waals surface area contributed by atoms with Crippen LogP contribution in [0, 0.1) is 5.41 Å². The van der Waals surface area contributed by atoms with Crippen LogP contribution >= 0.6 is 15.9 Å². The zero-order valence-corrected chi connectivity index (χ0v) is 19.4. The van der Waals surface area contributed by atoms with E-state index in [0.717, 1.165) is 21.1 Å². The van der Waals surface area contributed by atoms with Crippen molar-refractivity contribution in [3.05, 3.63) is 65.0 Å². The molecule has 0 spiro atoms. The molecule has 2 amide bonds. The van der Waals surface area contributed by atoms with E-state index in [1.54, 1.807) is 17.3 Å². The summed E-state index contributed by atoms with van der Waals surface area (Å²) in [6.45, 7) is 6.16. The molecule has 6 nitrogen and oxygen atoms in total. The van der Waals surface area contributed by atoms with Crippen LogP contribution in [0.15, 0.2) is 59.3 Å². The summed E-state index contributed by atoms with van der Waals surface area (Å²) in [5, 5.41) is 3.99. The van der Waals surface area contributed by atoms with Gasteiger partial charge in [0.05, 0.1) is 11.2 Å². The fraction of sp³-hybridized carbons (Fsp3) is 0.333. The van der Waals surface area contributed by atoms with E-state index in [2.05, 4.69) is 31.2 Å². The minimum atomic E-state index is -0.639. The summed E-state index contributed by atoms with van der Waals surface area (Å²) < 4.78 is 0.875. The van der Waals surface area contributed by atoms with Gasteiger partial charge in [0.25, 0.3) is 0 Å². The predicted octanol–water partition coefficient (Wildman–Crippen LogP) is 4.76. The number of para-hydroxylation sites is 1. The lowest BCUT2D eigenvalue weighted by Gasteiger charge is -2.32. The number of aromatic nitrogens is 2. The van der Waals surface area contributed by atoms with Crippen LogP contribution in [-0.4, -0.2) is 39.3 Å². The van der Waals surface area contributed by atoms with Crippen LogP contribution < -0.4 is 5.32 Å². The SMILES string of the molecule is CC(C)(C)C(=O)N1CC[C@H](c2ccc(Br)cn2)[C@@H]1C(=O)Nc1cccc2cccnc12. The highest BCUT2D eigenvalue weighted by Gasteiger charge is 2.45. The van der Waals surface area contributed by atoms with E-state index < -0.39 is 11.5 Å². The number of nitrogens with zero attached hydrogens (tertiary/aromatic N) is 3. The molecule has 1 N–H and O–H groups in total. The van der Waals surface area contributed by atoms with Crippen LogP contribution in [0.1, 0.15) is 38.8 Å². The molecule has 4 rings (SSSR count). The van der Waals surface area contributed by atoms with Crippen LogP contribution in [-0.2, 0) is 9.59 Å². The molecule has 3 heterocycles. The van der Waals surface area contributed by atoms with Gasteiger partial charge in [-0.25, -0.2) is 0 Å². The van der Waals surface area contributed by atoms with Gasteiger partial charge >= 0.3 is 0 Å².